The van der Waals surface area contributed by atoms with Gasteiger partial charge in [0.1, 0.15) is 6.10 Å². The SMILES string of the molecule is CC1([C@H]2CC[C@]3(NCC[C@@H](CO)N4CCS(=O)(=O)CC4)CC[C@]4(C)[C@H](CC[C@@H]5[C@@]6(C)CC[C@H](OC(=O)[C@H]7C[C@@H](C(=O)O)C7(C)C)C(C)(C)[C@@H]6CC[C@]54C)[C@@H]23)CC1. The fraction of sp³-hybridized carbons (Fsp3) is 0.957. The van der Waals surface area contributed by atoms with Crippen molar-refractivity contribution in [2.45, 2.75) is 163 Å². The Bertz CT molecular complexity index is 1660. The smallest absolute Gasteiger partial charge is 0.309 e. The number of aliphatic hydroxyl groups is 1. The fourth-order valence-electron chi connectivity index (χ4n) is 16.4. The summed E-state index contributed by atoms with van der Waals surface area (Å²) in [6.07, 6.45) is 15.8. The Morgan fingerprint density at radius 3 is 2.09 bits per heavy atom. The zero-order valence-electron chi connectivity index (χ0n) is 36.1. The highest BCUT2D eigenvalue weighted by molar-refractivity contribution is 7.91. The summed E-state index contributed by atoms with van der Waals surface area (Å²) in [6.45, 7) is 21.2. The highest BCUT2D eigenvalue weighted by atomic mass is 32.2. The molecule has 0 spiro atoms. The van der Waals surface area contributed by atoms with Gasteiger partial charge in [-0.3, -0.25) is 14.5 Å². The molecule has 9 nitrogen and oxygen atoms in total. The summed E-state index contributed by atoms with van der Waals surface area (Å²) in [7, 11) is -2.96. The van der Waals surface area contributed by atoms with Gasteiger partial charge in [-0.2, -0.15) is 0 Å². The Morgan fingerprint density at radius 1 is 0.768 bits per heavy atom. The van der Waals surface area contributed by atoms with Crippen molar-refractivity contribution < 1.29 is 33.0 Å². The Hall–Kier alpha value is -1.23. The first-order chi connectivity index (χ1) is 26.1. The molecular formula is C46H76N2O7S. The molecule has 0 aromatic carbocycles. The van der Waals surface area contributed by atoms with Crippen molar-refractivity contribution in [1.82, 2.24) is 10.2 Å². The van der Waals surface area contributed by atoms with Crippen LogP contribution < -0.4 is 5.32 Å². The minimum atomic E-state index is -2.96. The van der Waals surface area contributed by atoms with Crippen molar-refractivity contribution in [2.24, 2.45) is 73.9 Å². The summed E-state index contributed by atoms with van der Waals surface area (Å²) in [5, 5.41) is 24.4. The summed E-state index contributed by atoms with van der Waals surface area (Å²) in [4.78, 5) is 27.7. The first-order valence-electron chi connectivity index (χ1n) is 22.8. The molecular weight excluding hydrogens is 725 g/mol. The molecule has 7 aliphatic carbocycles. The number of carboxylic acids is 1. The number of fused-ring (bicyclic) bond motifs is 7. The highest BCUT2D eigenvalue weighted by Gasteiger charge is 2.72. The predicted molar refractivity (Wildman–Crippen MR) is 218 cm³/mol. The minimum Gasteiger partial charge on any atom is -0.481 e. The number of nitrogens with one attached hydrogen (secondary N) is 1. The van der Waals surface area contributed by atoms with Crippen molar-refractivity contribution in [3.05, 3.63) is 0 Å². The summed E-state index contributed by atoms with van der Waals surface area (Å²) in [6, 6.07) is 0.00217. The lowest BCUT2D eigenvalue weighted by atomic mass is 9.32. The van der Waals surface area contributed by atoms with Crippen molar-refractivity contribution in [1.29, 1.82) is 0 Å². The number of ether oxygens (including phenoxy) is 1. The molecule has 1 aliphatic heterocycles. The second kappa shape index (κ2) is 13.6. The zero-order valence-corrected chi connectivity index (χ0v) is 36.9. The number of carboxylic acid groups (broad SMARTS) is 1. The molecule has 10 heteroatoms. The van der Waals surface area contributed by atoms with E-state index in [1.807, 2.05) is 13.8 Å². The first kappa shape index (κ1) is 41.5. The van der Waals surface area contributed by atoms with Crippen LogP contribution in [0.25, 0.3) is 0 Å². The summed E-state index contributed by atoms with van der Waals surface area (Å²) >= 11 is 0. The average Bonchev–Trinajstić information content (AvgIpc) is 3.74. The minimum absolute atomic E-state index is 0.00217. The normalized spacial score (nSPS) is 47.5. The lowest BCUT2D eigenvalue weighted by molar-refractivity contribution is -0.249. The number of esters is 1. The summed E-state index contributed by atoms with van der Waals surface area (Å²) in [5.74, 6) is 1.74. The summed E-state index contributed by atoms with van der Waals surface area (Å²) in [5.41, 5.74) is 0.534. The number of aliphatic hydroxyl groups excluding tert-OH is 1. The number of carbonyl (C=O) groups is 2. The number of aliphatic carboxylic acids is 1. The van der Waals surface area contributed by atoms with Crippen LogP contribution in [0.5, 0.6) is 0 Å². The van der Waals surface area contributed by atoms with Crippen LogP contribution in [0.3, 0.4) is 0 Å². The lowest BCUT2D eigenvalue weighted by Crippen LogP contribution is -2.69. The molecule has 13 atom stereocenters. The predicted octanol–water partition coefficient (Wildman–Crippen LogP) is 7.35. The molecule has 0 aromatic rings. The van der Waals surface area contributed by atoms with E-state index in [0.717, 1.165) is 31.7 Å². The third-order valence-electron chi connectivity index (χ3n) is 20.5. The third kappa shape index (κ3) is 6.14. The maximum atomic E-state index is 13.7. The second-order valence-electron chi connectivity index (χ2n) is 23.2. The van der Waals surface area contributed by atoms with Gasteiger partial charge in [-0.1, -0.05) is 55.4 Å². The van der Waals surface area contributed by atoms with Crippen LogP contribution in [0.1, 0.15) is 145 Å². The van der Waals surface area contributed by atoms with Crippen molar-refractivity contribution in [2.75, 3.05) is 37.7 Å². The van der Waals surface area contributed by atoms with Gasteiger partial charge in [0.05, 0.1) is 29.9 Å². The van der Waals surface area contributed by atoms with Crippen LogP contribution in [0.2, 0.25) is 0 Å². The molecule has 0 unspecified atom stereocenters. The van der Waals surface area contributed by atoms with Crippen molar-refractivity contribution >= 4 is 21.8 Å². The third-order valence-corrected chi connectivity index (χ3v) is 22.1. The molecule has 318 valence electrons. The lowest BCUT2D eigenvalue weighted by Gasteiger charge is -2.73. The van der Waals surface area contributed by atoms with E-state index in [2.05, 4.69) is 51.8 Å². The van der Waals surface area contributed by atoms with E-state index in [1.165, 1.54) is 64.2 Å². The second-order valence-corrected chi connectivity index (χ2v) is 25.5. The zero-order chi connectivity index (χ0) is 40.5. The van der Waals surface area contributed by atoms with Crippen LogP contribution in [-0.4, -0.2) is 90.9 Å². The molecule has 1 saturated heterocycles. The molecule has 3 N–H and O–H groups in total. The number of carbonyl (C=O) groups excluding carboxylic acids is 1. The maximum Gasteiger partial charge on any atom is 0.309 e. The molecule has 0 amide bonds. The van der Waals surface area contributed by atoms with Gasteiger partial charge in [-0.05, 0) is 153 Å². The first-order valence-corrected chi connectivity index (χ1v) is 24.6. The largest absolute Gasteiger partial charge is 0.481 e. The Balaban J connectivity index is 0.993. The molecule has 8 fully saturated rings. The van der Waals surface area contributed by atoms with E-state index < -0.39 is 27.1 Å². The van der Waals surface area contributed by atoms with E-state index in [-0.39, 0.29) is 69.3 Å². The van der Waals surface area contributed by atoms with E-state index >= 15 is 0 Å². The van der Waals surface area contributed by atoms with Crippen molar-refractivity contribution in [3.63, 3.8) is 0 Å². The number of nitrogens with zero attached hydrogens (tertiary/aromatic N) is 1. The van der Waals surface area contributed by atoms with Crippen LogP contribution in [-0.2, 0) is 24.2 Å². The van der Waals surface area contributed by atoms with Gasteiger partial charge >= 0.3 is 11.9 Å². The molecule has 0 bridgehead atoms. The van der Waals surface area contributed by atoms with Gasteiger partial charge in [0.25, 0.3) is 0 Å². The molecule has 0 radical (unpaired) electrons. The Labute approximate surface area is 338 Å². The topological polar surface area (TPSA) is 133 Å². The standard InChI is InChI=1S/C46H76N2O7S/c1-40(2)32(38(50)51)27-33(40)39(52)55-36-13-15-43(6)34(41(36,3)4)12-16-45(8)35(43)10-9-31-37-30(42(5)18-19-42)11-17-46(37,21-20-44(31,45)7)47-22-14-29(28-49)48-23-25-56(53,54)26-24-48/h29-37,47,49H,9-28H2,1-8H3,(H,50,51)/t29-,30-,31+,32-,33+,34-,35+,36-,37+,43-,44+,45+,46-/m0/s1. The number of sulfone groups is 1. The fourth-order valence-corrected chi connectivity index (χ4v) is 17.6. The molecule has 7 saturated carbocycles. The molecule has 8 aliphatic rings. The van der Waals surface area contributed by atoms with Crippen LogP contribution in [0, 0.1) is 73.9 Å². The van der Waals surface area contributed by atoms with E-state index in [9.17, 15) is 28.2 Å². The van der Waals surface area contributed by atoms with Crippen LogP contribution in [0.15, 0.2) is 0 Å². The van der Waals surface area contributed by atoms with E-state index in [0.29, 0.717) is 48.6 Å². The van der Waals surface area contributed by atoms with Gasteiger partial charge in [0.15, 0.2) is 9.84 Å². The summed E-state index contributed by atoms with van der Waals surface area (Å²) < 4.78 is 30.7. The molecule has 8 rings (SSSR count). The highest BCUT2D eigenvalue weighted by Crippen LogP contribution is 2.78. The Morgan fingerprint density at radius 2 is 1.46 bits per heavy atom. The van der Waals surface area contributed by atoms with Crippen molar-refractivity contribution in [3.8, 4) is 0 Å². The monoisotopic (exact) mass is 801 g/mol. The molecule has 56 heavy (non-hydrogen) atoms. The number of rotatable bonds is 10. The number of hydrogen-bond donors (Lipinski definition) is 3. The average molecular weight is 801 g/mol. The van der Waals surface area contributed by atoms with Gasteiger partial charge < -0.3 is 20.3 Å². The number of hydrogen-bond acceptors (Lipinski definition) is 8. The quantitative estimate of drug-likeness (QED) is 0.194. The van der Waals surface area contributed by atoms with E-state index in [1.54, 1.807) is 0 Å². The molecule has 1 heterocycles. The van der Waals surface area contributed by atoms with Gasteiger partial charge in [0.2, 0.25) is 0 Å². The van der Waals surface area contributed by atoms with Crippen LogP contribution >= 0.6 is 0 Å². The van der Waals surface area contributed by atoms with Gasteiger partial charge in [-0.25, -0.2) is 8.42 Å². The maximum absolute atomic E-state index is 13.7. The van der Waals surface area contributed by atoms with E-state index in [4.69, 9.17) is 4.74 Å². The molecule has 0 aromatic heterocycles. The van der Waals surface area contributed by atoms with Gasteiger partial charge in [0, 0.05) is 30.1 Å². The van der Waals surface area contributed by atoms with Crippen LogP contribution in [0.4, 0.5) is 0 Å². The Kier molecular flexibility index (Phi) is 10.1. The van der Waals surface area contributed by atoms with Gasteiger partial charge in [-0.15, -0.1) is 0 Å².